The van der Waals surface area contributed by atoms with E-state index in [0.29, 0.717) is 52.8 Å². The molecule has 22 aliphatic rings. The highest BCUT2D eigenvalue weighted by Crippen LogP contribution is 2.76. The van der Waals surface area contributed by atoms with Crippen LogP contribution in [-0.4, -0.2) is 92.6 Å². The third-order valence-corrected chi connectivity index (χ3v) is 50.6. The van der Waals surface area contributed by atoms with Crippen molar-refractivity contribution in [2.75, 3.05) is 0 Å². The second-order valence-corrected chi connectivity index (χ2v) is 57.5. The van der Waals surface area contributed by atoms with Crippen molar-refractivity contribution in [1.29, 1.82) is 0 Å². The molecule has 22 aliphatic carbocycles. The van der Waals surface area contributed by atoms with Crippen molar-refractivity contribution in [3.8, 4) is 0 Å². The Morgan fingerprint density at radius 1 is 0.240 bits per heavy atom. The lowest BCUT2D eigenvalue weighted by Crippen LogP contribution is -2.50. The summed E-state index contributed by atoms with van der Waals surface area (Å²) in [5, 5.41) is 0. The first-order valence-corrected chi connectivity index (χ1v) is 62.7. The van der Waals surface area contributed by atoms with Gasteiger partial charge in [-0.3, -0.25) is 38.4 Å². The van der Waals surface area contributed by atoms with Gasteiger partial charge in [0.1, 0.15) is 44.8 Å². The maximum absolute atomic E-state index is 12.4. The highest BCUT2D eigenvalue weighted by molar-refractivity contribution is 5.76. The summed E-state index contributed by atoms with van der Waals surface area (Å²) in [7, 11) is 0. The predicted octanol–water partition coefficient (Wildman–Crippen LogP) is 31.9. The lowest BCUT2D eigenvalue weighted by molar-refractivity contribution is -0.184. The Bertz CT molecular complexity index is 4510. The first-order valence-electron chi connectivity index (χ1n) is 62.7. The Labute approximate surface area is 889 Å². The second-order valence-electron chi connectivity index (χ2n) is 57.5. The van der Waals surface area contributed by atoms with E-state index in [1.807, 2.05) is 76.2 Å². The summed E-state index contributed by atoms with van der Waals surface area (Å²) in [6.07, 6.45) is 55.3. The molecule has 16 heteroatoms. The van der Waals surface area contributed by atoms with Gasteiger partial charge in [-0.2, -0.15) is 0 Å². The van der Waals surface area contributed by atoms with Crippen LogP contribution in [0, 0.1) is 223 Å². The van der Waals surface area contributed by atoms with E-state index in [9.17, 15) is 38.4 Å². The molecule has 0 aromatic carbocycles. The number of carbonyl (C=O) groups excluding carboxylic acids is 8. The van der Waals surface area contributed by atoms with Gasteiger partial charge in [0, 0.05) is 34.5 Å². The smallest absolute Gasteiger partial charge is 0.309 e. The third-order valence-electron chi connectivity index (χ3n) is 50.6. The minimum atomic E-state index is -0.264. The van der Waals surface area contributed by atoms with E-state index in [1.54, 1.807) is 0 Å². The van der Waals surface area contributed by atoms with Gasteiger partial charge in [0.15, 0.2) is 0 Å². The van der Waals surface area contributed by atoms with Crippen LogP contribution >= 0.6 is 0 Å². The maximum Gasteiger partial charge on any atom is 0.309 e. The van der Waals surface area contributed by atoms with E-state index in [1.165, 1.54) is 173 Å². The van der Waals surface area contributed by atoms with Crippen molar-refractivity contribution in [3.05, 3.63) is 0 Å². The topological polar surface area (TPSA) is 210 Å². The number of carbonyl (C=O) groups is 8. The molecule has 832 valence electrons. The Morgan fingerprint density at radius 3 is 0.973 bits per heavy atom. The van der Waals surface area contributed by atoms with E-state index in [4.69, 9.17) is 37.9 Å². The van der Waals surface area contributed by atoms with Gasteiger partial charge in [0.25, 0.3) is 0 Å². The fourth-order valence-corrected chi connectivity index (χ4v) is 39.0. The molecule has 0 aliphatic heterocycles. The lowest BCUT2D eigenvalue weighted by atomic mass is 9.63. The fourth-order valence-electron chi connectivity index (χ4n) is 39.0. The molecule has 0 aromatic heterocycles. The SMILES string of the molecule is CCC(C)C(=O)OC1(C)CC2CC1C1C3CCC(C3)C21.CCC(C)C(=O)OC1(C)CC2CC1C1CCCC21.CCC(C)C(=O)OC1(C)CC2CCC1(C)C2(C)C.CCC(C)C(=O)OC1(C)CC2CCC1C2.CCC(C)C(=O)OC1(CC)CC2CC1C1C3CCC(C3)C21.CCC(C)C(=O)OC1(CC)CC2CC1C1CCCC21.CCC(C)C(=O)OC1(CC)CC2CCC1(C)C2(C)C.CCC(C)C(=O)OC1(CC)CC2CCC1C2. The molecular formula is C130H216O16. The number of hydrogen-bond donors (Lipinski definition) is 0. The molecule has 0 heterocycles. The standard InChI is InChI=1S/C19H30O2.C18H28O2.C17H28O2.C17H30O2.C16H26O2.C16H28O2.C14H24O2.C13H22O2/c1-4-11(3)18(20)21-19(5-2)10-14-9-15(19)17-13-7-6-12(8-13)16(14)17;1-4-10(2)17(19)20-18(3)9-13-8-14(18)16-12-6-5-11(7-12)15(13)16;1-4-11(3)16(18)19-17(5-2)10-12-9-15(17)14-8-6-7-13(12)14;1-7-12(3)14(18)19-17(8-2)11-13-9-10-16(17,6)15(13,4)5;1-4-10(2)15(17)18-16(3)9-11-8-14(16)13-7-5-6-12(11)13;1-7-11(2)13(17)18-16(6)10-12-8-9-15(16,5)14(12,3)4;1-4-10(3)13(15)16-14(5-2)9-11-6-7-12(14)8-11;1-4-9(2)12(14)15-13(3)8-10-5-6-11(13)7-10/h11-17H,4-10H2,1-3H3;10-16H,4-9H2,1-3H3;11-15H,4-10H2,1-3H3;12-13H,7-11H2,1-6H3;10-14H,4-9H2,1-3H3;11-12H,7-10H2,1-6H3;10-12H,4-9H2,1-3H3;9-11H,4-8H2,1-3H3. The van der Waals surface area contributed by atoms with Crippen LogP contribution in [0.2, 0.25) is 0 Å². The average Bonchev–Trinajstić information content (AvgIpc) is 1.57. The van der Waals surface area contributed by atoms with Crippen LogP contribution in [0.4, 0.5) is 0 Å². The van der Waals surface area contributed by atoms with Gasteiger partial charge in [-0.15, -0.1) is 0 Å². The number of hydrogen-bond acceptors (Lipinski definition) is 16. The van der Waals surface area contributed by atoms with Gasteiger partial charge in [-0.05, 0) is 451 Å². The molecule has 0 amide bonds. The van der Waals surface area contributed by atoms with Crippen LogP contribution in [0.25, 0.3) is 0 Å². The van der Waals surface area contributed by atoms with Crippen molar-refractivity contribution < 1.29 is 76.3 Å². The molecule has 0 spiro atoms. The minimum Gasteiger partial charge on any atom is -0.459 e. The van der Waals surface area contributed by atoms with Crippen molar-refractivity contribution in [2.45, 2.75) is 548 Å². The molecule has 22 fully saturated rings. The van der Waals surface area contributed by atoms with Crippen molar-refractivity contribution in [1.82, 2.24) is 0 Å². The summed E-state index contributed by atoms with van der Waals surface area (Å²) in [6, 6.07) is 0. The first kappa shape index (κ1) is 116. The molecule has 16 nitrogen and oxygen atoms in total. The van der Waals surface area contributed by atoms with Crippen molar-refractivity contribution in [3.63, 3.8) is 0 Å². The molecule has 0 aromatic rings. The number of esters is 8. The third kappa shape index (κ3) is 20.8. The Morgan fingerprint density at radius 2 is 0.575 bits per heavy atom. The molecular weight excluding hydrogens is 1820 g/mol. The summed E-state index contributed by atoms with van der Waals surface area (Å²) < 4.78 is 48.1. The van der Waals surface area contributed by atoms with Crippen LogP contribution in [0.15, 0.2) is 0 Å². The molecule has 22 saturated carbocycles. The Balaban J connectivity index is 0.000000125. The van der Waals surface area contributed by atoms with Crippen LogP contribution < -0.4 is 0 Å². The summed E-state index contributed by atoms with van der Waals surface area (Å²) in [6.45, 7) is 64.0. The van der Waals surface area contributed by atoms with E-state index < -0.39 is 0 Å². The van der Waals surface area contributed by atoms with Crippen LogP contribution in [0.1, 0.15) is 503 Å². The molecule has 146 heavy (non-hydrogen) atoms. The summed E-state index contributed by atoms with van der Waals surface area (Å²) in [5.74, 6) is 22.4. The predicted molar refractivity (Wildman–Crippen MR) is 582 cm³/mol. The van der Waals surface area contributed by atoms with Crippen LogP contribution in [0.5, 0.6) is 0 Å². The first-order chi connectivity index (χ1) is 68.9. The van der Waals surface area contributed by atoms with Gasteiger partial charge in [0.2, 0.25) is 0 Å². The molecule has 0 radical (unpaired) electrons. The highest BCUT2D eigenvalue weighted by Gasteiger charge is 2.74. The molecule has 44 unspecified atom stereocenters. The highest BCUT2D eigenvalue weighted by atomic mass is 16.6. The number of ether oxygens (including phenoxy) is 8. The fraction of sp³-hybridized carbons (Fsp3) is 0.938. The quantitative estimate of drug-likeness (QED) is 0.0405. The number of fused-ring (bicyclic) bond motifs is 36. The maximum atomic E-state index is 12.4. The second kappa shape index (κ2) is 44.8. The van der Waals surface area contributed by atoms with Gasteiger partial charge in [0.05, 0.1) is 47.3 Å². The van der Waals surface area contributed by atoms with E-state index in [-0.39, 0.29) is 156 Å². The van der Waals surface area contributed by atoms with Crippen LogP contribution in [0.3, 0.4) is 0 Å². The summed E-state index contributed by atoms with van der Waals surface area (Å²) in [5.41, 5.74) is -0.347. The van der Waals surface area contributed by atoms with E-state index >= 15 is 0 Å². The summed E-state index contributed by atoms with van der Waals surface area (Å²) >= 11 is 0. The average molecular weight is 2040 g/mol. The molecule has 44 atom stereocenters. The van der Waals surface area contributed by atoms with Crippen LogP contribution in [-0.2, 0) is 76.3 Å². The minimum absolute atomic E-state index is 0.00699. The monoisotopic (exact) mass is 2030 g/mol. The lowest BCUT2D eigenvalue weighted by Gasteiger charge is -2.47. The van der Waals surface area contributed by atoms with Gasteiger partial charge < -0.3 is 37.9 Å². The molecule has 20 bridgehead atoms. The zero-order chi connectivity index (χ0) is 106. The summed E-state index contributed by atoms with van der Waals surface area (Å²) in [4.78, 5) is 97.1. The van der Waals surface area contributed by atoms with Gasteiger partial charge in [-0.25, -0.2) is 0 Å². The molecule has 0 N–H and O–H groups in total. The molecule has 22 rings (SSSR count). The Kier molecular flexibility index (Phi) is 35.5. The van der Waals surface area contributed by atoms with E-state index in [2.05, 4.69) is 132 Å². The number of rotatable bonds is 28. The Hall–Kier alpha value is -4.24. The zero-order valence-corrected chi connectivity index (χ0v) is 98.7. The van der Waals surface area contributed by atoms with Gasteiger partial charge in [-0.1, -0.05) is 193 Å². The normalized spacial score (nSPS) is 45.4. The van der Waals surface area contributed by atoms with Gasteiger partial charge >= 0.3 is 47.8 Å². The molecule has 0 saturated heterocycles. The van der Waals surface area contributed by atoms with Crippen molar-refractivity contribution >= 4 is 47.8 Å². The van der Waals surface area contributed by atoms with E-state index in [0.717, 1.165) is 229 Å². The zero-order valence-electron chi connectivity index (χ0n) is 98.7. The largest absolute Gasteiger partial charge is 0.459 e. The van der Waals surface area contributed by atoms with Crippen molar-refractivity contribution in [2.24, 2.45) is 223 Å².